The second-order valence-electron chi connectivity index (χ2n) is 6.70. The molecule has 158 valence electrons. The van der Waals surface area contributed by atoms with Crippen molar-refractivity contribution in [3.05, 3.63) is 76.9 Å². The van der Waals surface area contributed by atoms with Gasteiger partial charge in [0, 0.05) is 23.3 Å². The molecule has 0 bridgehead atoms. The van der Waals surface area contributed by atoms with Crippen LogP contribution in [0.1, 0.15) is 17.2 Å². The molecule has 0 saturated heterocycles. The monoisotopic (exact) mass is 443 g/mol. The van der Waals surface area contributed by atoms with E-state index in [1.165, 1.54) is 29.7 Å². The normalized spacial score (nSPS) is 11.0. The number of amides is 1. The number of anilines is 1. The van der Waals surface area contributed by atoms with Crippen LogP contribution in [0.2, 0.25) is 0 Å². The highest BCUT2D eigenvalue weighted by atomic mass is 32.1. The van der Waals surface area contributed by atoms with Gasteiger partial charge in [-0.3, -0.25) is 4.79 Å². The summed E-state index contributed by atoms with van der Waals surface area (Å²) in [6.07, 6.45) is 1.72. The Morgan fingerprint density at radius 3 is 2.68 bits per heavy atom. The molecule has 31 heavy (non-hydrogen) atoms. The molecule has 0 saturated carbocycles. The van der Waals surface area contributed by atoms with E-state index in [0.717, 1.165) is 17.0 Å². The summed E-state index contributed by atoms with van der Waals surface area (Å²) in [5, 5.41) is 3.04. The second kappa shape index (κ2) is 8.73. The lowest BCUT2D eigenvalue weighted by atomic mass is 10.1. The van der Waals surface area contributed by atoms with Crippen molar-refractivity contribution in [3.8, 4) is 22.6 Å². The maximum atomic E-state index is 13.8. The van der Waals surface area contributed by atoms with E-state index in [0.29, 0.717) is 33.6 Å². The number of nitrogens with one attached hydrogen (secondary N) is 1. The van der Waals surface area contributed by atoms with Crippen LogP contribution in [-0.2, 0) is 11.2 Å². The maximum Gasteiger partial charge on any atom is 0.226 e. The van der Waals surface area contributed by atoms with Crippen molar-refractivity contribution < 1.29 is 22.4 Å². The molecular formula is C22H16F3N3O2S. The molecular weight excluding hydrogens is 427 g/mol. The number of carbonyl (C=O) groups excluding carboxylic acids is 1. The summed E-state index contributed by atoms with van der Waals surface area (Å²) < 4.78 is 46.0. The van der Waals surface area contributed by atoms with Crippen molar-refractivity contribution in [2.75, 3.05) is 5.32 Å². The third-order valence-electron chi connectivity index (χ3n) is 4.49. The Bertz CT molecular complexity index is 1250. The molecule has 0 fully saturated rings. The topological polar surface area (TPSA) is 68.0 Å². The van der Waals surface area contributed by atoms with Gasteiger partial charge in [0.15, 0.2) is 28.4 Å². The highest BCUT2D eigenvalue weighted by Gasteiger charge is 2.15. The smallest absolute Gasteiger partial charge is 0.226 e. The lowest BCUT2D eigenvalue weighted by molar-refractivity contribution is -0.116. The van der Waals surface area contributed by atoms with Crippen LogP contribution in [0.15, 0.2) is 53.1 Å². The highest BCUT2D eigenvalue weighted by Crippen LogP contribution is 2.31. The first kappa shape index (κ1) is 20.8. The minimum Gasteiger partial charge on any atom is -0.441 e. The van der Waals surface area contributed by atoms with Crippen LogP contribution in [-0.4, -0.2) is 15.9 Å². The number of carbonyl (C=O) groups is 1. The number of hydrogen-bond acceptors (Lipinski definition) is 5. The minimum absolute atomic E-state index is 0.0797. The first-order valence-corrected chi connectivity index (χ1v) is 10.1. The van der Waals surface area contributed by atoms with E-state index < -0.39 is 17.5 Å². The van der Waals surface area contributed by atoms with Crippen LogP contribution < -0.4 is 5.32 Å². The number of thiazole rings is 1. The molecule has 0 spiro atoms. The lowest BCUT2D eigenvalue weighted by Gasteiger charge is -2.01. The number of rotatable bonds is 6. The minimum atomic E-state index is -0.962. The predicted molar refractivity (Wildman–Crippen MR) is 111 cm³/mol. The van der Waals surface area contributed by atoms with E-state index in [1.807, 2.05) is 0 Å². The van der Waals surface area contributed by atoms with Crippen LogP contribution in [0.3, 0.4) is 0 Å². The summed E-state index contributed by atoms with van der Waals surface area (Å²) in [4.78, 5) is 21.5. The van der Waals surface area contributed by atoms with Crippen molar-refractivity contribution in [3.63, 3.8) is 0 Å². The van der Waals surface area contributed by atoms with Crippen molar-refractivity contribution in [1.82, 2.24) is 9.97 Å². The summed E-state index contributed by atoms with van der Waals surface area (Å²) in [7, 11) is 0. The lowest BCUT2D eigenvalue weighted by Crippen LogP contribution is -2.12. The fraction of sp³-hybridized carbons (Fsp3) is 0.136. The zero-order valence-corrected chi connectivity index (χ0v) is 17.1. The second-order valence-corrected chi connectivity index (χ2v) is 7.90. The Morgan fingerprint density at radius 1 is 1.10 bits per heavy atom. The summed E-state index contributed by atoms with van der Waals surface area (Å²) in [5.41, 5.74) is 1.20. The van der Waals surface area contributed by atoms with Crippen molar-refractivity contribution in [2.24, 2.45) is 0 Å². The number of aromatic nitrogens is 2. The average molecular weight is 443 g/mol. The predicted octanol–water partition coefficient (Wildman–Crippen LogP) is 5.76. The quantitative estimate of drug-likeness (QED) is 0.411. The largest absolute Gasteiger partial charge is 0.441 e. The van der Waals surface area contributed by atoms with Crippen LogP contribution in [0.4, 0.5) is 18.3 Å². The van der Waals surface area contributed by atoms with Gasteiger partial charge < -0.3 is 9.73 Å². The summed E-state index contributed by atoms with van der Waals surface area (Å²) in [6.45, 7) is 1.78. The molecule has 5 nitrogen and oxygen atoms in total. The molecule has 0 atom stereocenters. The summed E-state index contributed by atoms with van der Waals surface area (Å²) in [5.74, 6) is -2.02. The van der Waals surface area contributed by atoms with Crippen LogP contribution in [0.25, 0.3) is 22.6 Å². The van der Waals surface area contributed by atoms with E-state index in [9.17, 15) is 18.0 Å². The molecule has 2 aromatic heterocycles. The van der Waals surface area contributed by atoms with Crippen molar-refractivity contribution in [1.29, 1.82) is 0 Å². The van der Waals surface area contributed by atoms with Crippen molar-refractivity contribution >= 4 is 22.4 Å². The van der Waals surface area contributed by atoms with Gasteiger partial charge in [0.05, 0.1) is 17.5 Å². The molecule has 0 aliphatic heterocycles. The first-order valence-electron chi connectivity index (χ1n) is 9.33. The molecule has 1 amide bonds. The zero-order chi connectivity index (χ0) is 22.0. The number of nitrogens with zero attached hydrogens (tertiary/aromatic N) is 2. The molecule has 1 N–H and O–H groups in total. The van der Waals surface area contributed by atoms with Gasteiger partial charge in [0.2, 0.25) is 5.91 Å². The highest BCUT2D eigenvalue weighted by molar-refractivity contribution is 7.16. The average Bonchev–Trinajstić information content (AvgIpc) is 3.35. The van der Waals surface area contributed by atoms with Gasteiger partial charge in [-0.05, 0) is 37.3 Å². The van der Waals surface area contributed by atoms with Crippen LogP contribution >= 0.6 is 11.3 Å². The summed E-state index contributed by atoms with van der Waals surface area (Å²) in [6, 6.07) is 9.73. The number of hydrogen-bond donors (Lipinski definition) is 1. The molecule has 2 heterocycles. The first-order chi connectivity index (χ1) is 14.9. The molecule has 9 heteroatoms. The number of oxazole rings is 1. The molecule has 0 unspecified atom stereocenters. The third kappa shape index (κ3) is 4.66. The van der Waals surface area contributed by atoms with Gasteiger partial charge in [-0.25, -0.2) is 23.1 Å². The SMILES string of the molecule is Cc1sc(NC(=O)CCc2ncc(-c3ccccc3F)o2)nc1-c1ccc(F)c(F)c1. The molecule has 0 radical (unpaired) electrons. The molecule has 2 aromatic carbocycles. The van der Waals surface area contributed by atoms with Gasteiger partial charge in [-0.1, -0.05) is 12.1 Å². The Kier molecular flexibility index (Phi) is 5.85. The van der Waals surface area contributed by atoms with Gasteiger partial charge >= 0.3 is 0 Å². The van der Waals surface area contributed by atoms with E-state index >= 15 is 0 Å². The molecule has 4 aromatic rings. The van der Waals surface area contributed by atoms with Gasteiger partial charge in [0.1, 0.15) is 5.82 Å². The number of aryl methyl sites for hydroxylation is 2. The van der Waals surface area contributed by atoms with Crippen molar-refractivity contribution in [2.45, 2.75) is 19.8 Å². The number of benzene rings is 2. The fourth-order valence-corrected chi connectivity index (χ4v) is 3.83. The van der Waals surface area contributed by atoms with E-state index in [2.05, 4.69) is 15.3 Å². The van der Waals surface area contributed by atoms with Crippen LogP contribution in [0, 0.1) is 24.4 Å². The molecule has 4 rings (SSSR count). The number of halogens is 3. The zero-order valence-electron chi connectivity index (χ0n) is 16.3. The Morgan fingerprint density at radius 2 is 1.90 bits per heavy atom. The standard InChI is InChI=1S/C22H16F3N3O2S/c1-12-21(13-6-7-16(24)17(25)10-13)28-22(31-12)27-19(29)8-9-20-26-11-18(30-20)14-4-2-3-5-15(14)23/h2-7,10-11H,8-9H2,1H3,(H,27,28,29). The van der Waals surface area contributed by atoms with Gasteiger partial charge in [0.25, 0.3) is 0 Å². The molecule has 0 aliphatic rings. The van der Waals surface area contributed by atoms with E-state index in [-0.39, 0.29) is 18.7 Å². The van der Waals surface area contributed by atoms with Gasteiger partial charge in [-0.2, -0.15) is 0 Å². The molecule has 0 aliphatic carbocycles. The van der Waals surface area contributed by atoms with Gasteiger partial charge in [-0.15, -0.1) is 11.3 Å². The Labute approximate surface area is 179 Å². The maximum absolute atomic E-state index is 13.8. The Hall–Kier alpha value is -3.46. The Balaban J connectivity index is 1.39. The summed E-state index contributed by atoms with van der Waals surface area (Å²) >= 11 is 1.23. The van der Waals surface area contributed by atoms with E-state index in [4.69, 9.17) is 4.42 Å². The van der Waals surface area contributed by atoms with Crippen LogP contribution in [0.5, 0.6) is 0 Å². The van der Waals surface area contributed by atoms with E-state index in [1.54, 1.807) is 25.1 Å². The third-order valence-corrected chi connectivity index (χ3v) is 5.38. The fourth-order valence-electron chi connectivity index (χ4n) is 2.97.